The Morgan fingerprint density at radius 1 is 0.632 bits per heavy atom. The van der Waals surface area contributed by atoms with Crippen LogP contribution in [0.25, 0.3) is 0 Å². The van der Waals surface area contributed by atoms with E-state index in [1.165, 1.54) is 83.6 Å². The Bertz CT molecular complexity index is 114. The standard InChI is InChI=1S/C15H33N.C2H6O/c1-3-4-5-6-7-8-9-10-11-12-13-14-15-16-2;1-2-3/h16H,3-15H2,1-2H3;3H,2H2,1H3. The van der Waals surface area contributed by atoms with Crippen LogP contribution in [0.15, 0.2) is 0 Å². The molecule has 0 amide bonds. The molecule has 0 aliphatic carbocycles. The van der Waals surface area contributed by atoms with Gasteiger partial charge in [-0.3, -0.25) is 0 Å². The Kier molecular flexibility index (Phi) is 25.7. The molecular formula is C17H39NO. The first-order chi connectivity index (χ1) is 9.33. The zero-order valence-electron chi connectivity index (χ0n) is 13.8. The van der Waals surface area contributed by atoms with E-state index in [2.05, 4.69) is 12.2 Å². The highest BCUT2D eigenvalue weighted by molar-refractivity contribution is 4.49. The van der Waals surface area contributed by atoms with Crippen LogP contribution in [0.5, 0.6) is 0 Å². The Balaban J connectivity index is 0. The van der Waals surface area contributed by atoms with Gasteiger partial charge in [-0.2, -0.15) is 0 Å². The predicted molar refractivity (Wildman–Crippen MR) is 87.8 cm³/mol. The normalized spacial score (nSPS) is 10.1. The van der Waals surface area contributed by atoms with Crippen molar-refractivity contribution in [3.8, 4) is 0 Å². The first-order valence-corrected chi connectivity index (χ1v) is 8.58. The molecule has 0 aromatic carbocycles. The lowest BCUT2D eigenvalue weighted by atomic mass is 10.1. The predicted octanol–water partition coefficient (Wildman–Crippen LogP) is 4.91. The molecule has 2 N–H and O–H groups in total. The van der Waals surface area contributed by atoms with Gasteiger partial charge in [0.2, 0.25) is 0 Å². The van der Waals surface area contributed by atoms with E-state index in [4.69, 9.17) is 5.11 Å². The van der Waals surface area contributed by atoms with Crippen LogP contribution in [0, 0.1) is 0 Å². The molecule has 0 saturated heterocycles. The van der Waals surface area contributed by atoms with E-state index >= 15 is 0 Å². The molecule has 2 heteroatoms. The second-order valence-electron chi connectivity index (χ2n) is 5.31. The van der Waals surface area contributed by atoms with Crippen molar-refractivity contribution in [3.05, 3.63) is 0 Å². The maximum absolute atomic E-state index is 7.57. The van der Waals surface area contributed by atoms with Gasteiger partial charge in [-0.15, -0.1) is 0 Å². The lowest BCUT2D eigenvalue weighted by molar-refractivity contribution is 0.318. The second kappa shape index (κ2) is 23.0. The minimum atomic E-state index is 0.250. The lowest BCUT2D eigenvalue weighted by Crippen LogP contribution is -2.06. The fraction of sp³-hybridized carbons (Fsp3) is 1.00. The number of rotatable bonds is 13. The molecule has 0 aliphatic rings. The average molecular weight is 274 g/mol. The van der Waals surface area contributed by atoms with Gasteiger partial charge in [0.15, 0.2) is 0 Å². The minimum absolute atomic E-state index is 0.250. The maximum atomic E-state index is 7.57. The fourth-order valence-electron chi connectivity index (χ4n) is 2.14. The van der Waals surface area contributed by atoms with Crippen molar-refractivity contribution in [2.75, 3.05) is 20.2 Å². The smallest absolute Gasteiger partial charge is 0.0402 e. The summed E-state index contributed by atoms with van der Waals surface area (Å²) in [6.07, 6.45) is 17.3. The van der Waals surface area contributed by atoms with Crippen molar-refractivity contribution in [1.82, 2.24) is 5.32 Å². The first kappa shape index (κ1) is 21.2. The van der Waals surface area contributed by atoms with Crippen molar-refractivity contribution < 1.29 is 5.11 Å². The van der Waals surface area contributed by atoms with Crippen LogP contribution in [0.1, 0.15) is 90.9 Å². The van der Waals surface area contributed by atoms with E-state index in [0.717, 1.165) is 0 Å². The van der Waals surface area contributed by atoms with E-state index in [-0.39, 0.29) is 6.61 Å². The molecule has 0 bridgehead atoms. The number of hydrogen-bond donors (Lipinski definition) is 2. The van der Waals surface area contributed by atoms with Crippen LogP contribution in [0.2, 0.25) is 0 Å². The molecule has 0 radical (unpaired) electrons. The summed E-state index contributed by atoms with van der Waals surface area (Å²) >= 11 is 0. The average Bonchev–Trinajstić information content (AvgIpc) is 2.41. The third-order valence-corrected chi connectivity index (χ3v) is 3.28. The van der Waals surface area contributed by atoms with Crippen molar-refractivity contribution in [3.63, 3.8) is 0 Å². The van der Waals surface area contributed by atoms with Gasteiger partial charge in [0.1, 0.15) is 0 Å². The highest BCUT2D eigenvalue weighted by Crippen LogP contribution is 2.11. The van der Waals surface area contributed by atoms with Gasteiger partial charge >= 0.3 is 0 Å². The highest BCUT2D eigenvalue weighted by atomic mass is 16.2. The summed E-state index contributed by atoms with van der Waals surface area (Å²) in [6, 6.07) is 0. The minimum Gasteiger partial charge on any atom is -0.397 e. The van der Waals surface area contributed by atoms with E-state index in [1.807, 2.05) is 7.05 Å². The van der Waals surface area contributed by atoms with Gasteiger partial charge in [0.05, 0.1) is 0 Å². The summed E-state index contributed by atoms with van der Waals surface area (Å²) in [7, 11) is 2.04. The number of hydrogen-bond acceptors (Lipinski definition) is 2. The van der Waals surface area contributed by atoms with Gasteiger partial charge in [-0.1, -0.05) is 77.6 Å². The number of aliphatic hydroxyl groups is 1. The van der Waals surface area contributed by atoms with Crippen LogP contribution in [0.3, 0.4) is 0 Å². The first-order valence-electron chi connectivity index (χ1n) is 8.58. The van der Waals surface area contributed by atoms with Gasteiger partial charge in [0, 0.05) is 6.61 Å². The number of unbranched alkanes of at least 4 members (excludes halogenated alkanes) is 11. The van der Waals surface area contributed by atoms with Gasteiger partial charge in [0.25, 0.3) is 0 Å². The maximum Gasteiger partial charge on any atom is 0.0402 e. The van der Waals surface area contributed by atoms with Gasteiger partial charge < -0.3 is 10.4 Å². The van der Waals surface area contributed by atoms with Crippen molar-refractivity contribution >= 4 is 0 Å². The number of nitrogens with one attached hydrogen (secondary N) is 1. The second-order valence-corrected chi connectivity index (χ2v) is 5.31. The van der Waals surface area contributed by atoms with Crippen molar-refractivity contribution in [1.29, 1.82) is 0 Å². The molecule has 0 unspecified atom stereocenters. The highest BCUT2D eigenvalue weighted by Gasteiger charge is 1.92. The van der Waals surface area contributed by atoms with Crippen LogP contribution in [-0.4, -0.2) is 25.3 Å². The lowest BCUT2D eigenvalue weighted by Gasteiger charge is -2.02. The molecule has 0 saturated carbocycles. The van der Waals surface area contributed by atoms with E-state index in [0.29, 0.717) is 0 Å². The van der Waals surface area contributed by atoms with Crippen LogP contribution in [0.4, 0.5) is 0 Å². The summed E-state index contributed by atoms with van der Waals surface area (Å²) in [5, 5.41) is 10.8. The zero-order valence-corrected chi connectivity index (χ0v) is 13.8. The molecule has 118 valence electrons. The van der Waals surface area contributed by atoms with Crippen LogP contribution >= 0.6 is 0 Å². The Hall–Kier alpha value is -0.0800. The molecule has 0 rings (SSSR count). The topological polar surface area (TPSA) is 32.3 Å². The summed E-state index contributed by atoms with van der Waals surface area (Å²) in [4.78, 5) is 0. The summed E-state index contributed by atoms with van der Waals surface area (Å²) < 4.78 is 0. The van der Waals surface area contributed by atoms with Crippen LogP contribution in [-0.2, 0) is 0 Å². The fourth-order valence-corrected chi connectivity index (χ4v) is 2.14. The molecule has 0 aromatic rings. The Morgan fingerprint density at radius 2 is 0.947 bits per heavy atom. The summed E-state index contributed by atoms with van der Waals surface area (Å²) in [5.41, 5.74) is 0. The monoisotopic (exact) mass is 273 g/mol. The van der Waals surface area contributed by atoms with Crippen LogP contribution < -0.4 is 5.32 Å². The molecule has 2 nitrogen and oxygen atoms in total. The quantitative estimate of drug-likeness (QED) is 0.468. The molecule has 0 aromatic heterocycles. The Labute approximate surface area is 122 Å². The number of aliphatic hydroxyl groups excluding tert-OH is 1. The third-order valence-electron chi connectivity index (χ3n) is 3.28. The Morgan fingerprint density at radius 3 is 1.26 bits per heavy atom. The summed E-state index contributed by atoms with van der Waals surface area (Å²) in [6.45, 7) is 5.41. The van der Waals surface area contributed by atoms with Gasteiger partial charge in [-0.05, 0) is 26.9 Å². The molecule has 0 heterocycles. The zero-order chi connectivity index (χ0) is 14.6. The molecule has 19 heavy (non-hydrogen) atoms. The molecular weight excluding hydrogens is 234 g/mol. The van der Waals surface area contributed by atoms with Crippen molar-refractivity contribution in [2.24, 2.45) is 0 Å². The third kappa shape index (κ3) is 27.2. The molecule has 0 fully saturated rings. The molecule has 0 aliphatic heterocycles. The molecule has 0 spiro atoms. The molecule has 0 atom stereocenters. The van der Waals surface area contributed by atoms with E-state index in [1.54, 1.807) is 6.92 Å². The van der Waals surface area contributed by atoms with Gasteiger partial charge in [-0.25, -0.2) is 0 Å². The largest absolute Gasteiger partial charge is 0.397 e. The van der Waals surface area contributed by atoms with E-state index in [9.17, 15) is 0 Å². The van der Waals surface area contributed by atoms with Crippen molar-refractivity contribution in [2.45, 2.75) is 90.9 Å². The van der Waals surface area contributed by atoms with E-state index < -0.39 is 0 Å². The summed E-state index contributed by atoms with van der Waals surface area (Å²) in [5.74, 6) is 0. The SMILES string of the molecule is CCCCCCCCCCCCCCNC.CCO.